The highest BCUT2D eigenvalue weighted by Crippen LogP contribution is 2.39. The van der Waals surface area contributed by atoms with Crippen LogP contribution in [0.3, 0.4) is 0 Å². The van der Waals surface area contributed by atoms with E-state index in [0.29, 0.717) is 6.54 Å². The van der Waals surface area contributed by atoms with E-state index in [2.05, 4.69) is 19.7 Å². The van der Waals surface area contributed by atoms with Crippen molar-refractivity contribution in [1.29, 1.82) is 0 Å². The molecular weight excluding hydrogens is 378 g/mol. The Morgan fingerprint density at radius 3 is 2.63 bits per heavy atom. The molecule has 5 rings (SSSR count). The molecule has 0 unspecified atom stereocenters. The lowest BCUT2D eigenvalue weighted by Crippen LogP contribution is -2.04. The van der Waals surface area contributed by atoms with Gasteiger partial charge in [0.2, 0.25) is 0 Å². The first kappa shape index (κ1) is 18.3. The first-order chi connectivity index (χ1) is 14.6. The molecule has 0 spiro atoms. The van der Waals surface area contributed by atoms with Gasteiger partial charge in [0.1, 0.15) is 22.9 Å². The molecule has 0 radical (unpaired) electrons. The fraction of sp³-hybridized carbons (Fsp3) is 0.217. The smallest absolute Gasteiger partial charge is 0.141 e. The average Bonchev–Trinajstić information content (AvgIpc) is 3.26. The zero-order chi connectivity index (χ0) is 20.8. The molecular formula is C23H21N5O2. The molecule has 5 aromatic rings. The Kier molecular flexibility index (Phi) is 4.24. The van der Waals surface area contributed by atoms with Gasteiger partial charge in [-0.25, -0.2) is 4.98 Å². The van der Waals surface area contributed by atoms with Crippen LogP contribution in [0.15, 0.2) is 47.2 Å². The third-order valence-corrected chi connectivity index (χ3v) is 5.43. The Balaban J connectivity index is 1.78. The zero-order valence-corrected chi connectivity index (χ0v) is 17.3. The molecule has 1 aromatic carbocycles. The Morgan fingerprint density at radius 1 is 1.07 bits per heavy atom. The van der Waals surface area contributed by atoms with Crippen molar-refractivity contribution in [2.24, 2.45) is 0 Å². The number of hydrogen-bond acceptors (Lipinski definition) is 6. The van der Waals surface area contributed by atoms with Crippen LogP contribution in [0.5, 0.6) is 5.75 Å². The molecule has 4 heterocycles. The van der Waals surface area contributed by atoms with Crippen LogP contribution in [0.4, 0.5) is 0 Å². The molecule has 0 bridgehead atoms. The third kappa shape index (κ3) is 2.82. The van der Waals surface area contributed by atoms with Gasteiger partial charge < -0.3 is 13.8 Å². The van der Waals surface area contributed by atoms with Crippen LogP contribution in [0.1, 0.15) is 23.0 Å². The molecule has 0 amide bonds. The van der Waals surface area contributed by atoms with Gasteiger partial charge in [-0.1, -0.05) is 11.2 Å². The first-order valence-electron chi connectivity index (χ1n) is 9.73. The Bertz CT molecular complexity index is 1370. The maximum Gasteiger partial charge on any atom is 0.141 e. The van der Waals surface area contributed by atoms with Crippen molar-refractivity contribution in [3.63, 3.8) is 0 Å². The normalized spacial score (nSPS) is 11.5. The minimum absolute atomic E-state index is 0.635. The van der Waals surface area contributed by atoms with Crippen LogP contribution in [0, 0.1) is 20.8 Å². The molecule has 0 aliphatic heterocycles. The molecule has 30 heavy (non-hydrogen) atoms. The van der Waals surface area contributed by atoms with Gasteiger partial charge in [0.25, 0.3) is 0 Å². The van der Waals surface area contributed by atoms with Crippen molar-refractivity contribution >= 4 is 21.9 Å². The summed E-state index contributed by atoms with van der Waals surface area (Å²) in [7, 11) is 1.67. The van der Waals surface area contributed by atoms with E-state index in [1.807, 2.05) is 63.5 Å². The second kappa shape index (κ2) is 6.95. The molecule has 0 aliphatic rings. The van der Waals surface area contributed by atoms with Crippen LogP contribution in [0.2, 0.25) is 0 Å². The second-order valence-electron chi connectivity index (χ2n) is 7.33. The maximum atomic E-state index is 5.76. The van der Waals surface area contributed by atoms with Crippen LogP contribution in [-0.2, 0) is 6.54 Å². The summed E-state index contributed by atoms with van der Waals surface area (Å²) in [5, 5.41) is 5.07. The summed E-state index contributed by atoms with van der Waals surface area (Å²) < 4.78 is 13.3. The molecule has 0 atom stereocenters. The number of methoxy groups -OCH3 is 1. The predicted octanol–water partition coefficient (Wildman–Crippen LogP) is 4.62. The third-order valence-electron chi connectivity index (χ3n) is 5.43. The van der Waals surface area contributed by atoms with E-state index in [9.17, 15) is 0 Å². The van der Waals surface area contributed by atoms with E-state index in [0.717, 1.165) is 61.8 Å². The molecule has 150 valence electrons. The van der Waals surface area contributed by atoms with E-state index < -0.39 is 0 Å². The number of pyridine rings is 2. The van der Waals surface area contributed by atoms with Crippen molar-refractivity contribution in [1.82, 2.24) is 24.7 Å². The van der Waals surface area contributed by atoms with Crippen LogP contribution < -0.4 is 4.74 Å². The molecule has 7 nitrogen and oxygen atoms in total. The lowest BCUT2D eigenvalue weighted by atomic mass is 10.0. The summed E-state index contributed by atoms with van der Waals surface area (Å²) in [4.78, 5) is 13.9. The highest BCUT2D eigenvalue weighted by Gasteiger charge is 2.20. The highest BCUT2D eigenvalue weighted by molar-refractivity contribution is 6.05. The van der Waals surface area contributed by atoms with Crippen molar-refractivity contribution in [2.75, 3.05) is 7.11 Å². The van der Waals surface area contributed by atoms with E-state index >= 15 is 0 Å². The number of nitrogens with zero attached hydrogens (tertiary/aromatic N) is 5. The number of aryl methyl sites for hydroxylation is 3. The van der Waals surface area contributed by atoms with Gasteiger partial charge in [-0.3, -0.25) is 9.97 Å². The quantitative estimate of drug-likeness (QED) is 0.439. The largest absolute Gasteiger partial charge is 0.496 e. The average molecular weight is 399 g/mol. The second-order valence-corrected chi connectivity index (χ2v) is 7.33. The van der Waals surface area contributed by atoms with Gasteiger partial charge in [-0.2, -0.15) is 0 Å². The van der Waals surface area contributed by atoms with Gasteiger partial charge in [0.15, 0.2) is 0 Å². The van der Waals surface area contributed by atoms with Gasteiger partial charge in [0, 0.05) is 17.1 Å². The molecule has 7 heteroatoms. The number of benzene rings is 1. The molecule has 0 fully saturated rings. The van der Waals surface area contributed by atoms with Gasteiger partial charge in [-0.05, 0) is 45.0 Å². The molecule has 0 N–H and O–H groups in total. The minimum atomic E-state index is 0.635. The summed E-state index contributed by atoms with van der Waals surface area (Å²) in [6.45, 7) is 6.47. The first-order valence-corrected chi connectivity index (χ1v) is 9.73. The standard InChI is InChI=1S/C23H21N5O2/c1-13-22(14(2)30-27-13)18-9-19-17(10-21(18)29-4)23-20(11-25-19)26-15(3)28(23)12-16-7-5-6-8-24-16/h5-11H,12H2,1-4H3. The number of aromatic nitrogens is 5. The van der Waals surface area contributed by atoms with Gasteiger partial charge in [0.05, 0.1) is 47.8 Å². The van der Waals surface area contributed by atoms with Crippen molar-refractivity contribution in [3.8, 4) is 16.9 Å². The number of imidazole rings is 1. The Morgan fingerprint density at radius 2 is 1.93 bits per heavy atom. The number of hydrogen-bond donors (Lipinski definition) is 0. The fourth-order valence-corrected chi connectivity index (χ4v) is 4.04. The Hall–Kier alpha value is -3.74. The summed E-state index contributed by atoms with van der Waals surface area (Å²) in [6.07, 6.45) is 3.63. The lowest BCUT2D eigenvalue weighted by Gasteiger charge is -2.12. The van der Waals surface area contributed by atoms with Crippen molar-refractivity contribution < 1.29 is 9.26 Å². The SMILES string of the molecule is COc1cc2c(cc1-c1c(C)noc1C)ncc1nc(C)n(Cc3ccccn3)c12. The number of fused-ring (bicyclic) bond motifs is 3. The molecule has 0 aliphatic carbocycles. The van der Waals surface area contributed by atoms with E-state index in [1.54, 1.807) is 7.11 Å². The molecule has 4 aromatic heterocycles. The molecule has 0 saturated heterocycles. The van der Waals surface area contributed by atoms with Gasteiger partial charge in [-0.15, -0.1) is 0 Å². The fourth-order valence-electron chi connectivity index (χ4n) is 4.04. The monoisotopic (exact) mass is 399 g/mol. The van der Waals surface area contributed by atoms with Crippen molar-refractivity contribution in [3.05, 3.63) is 65.7 Å². The number of ether oxygens (including phenoxy) is 1. The summed E-state index contributed by atoms with van der Waals surface area (Å²) >= 11 is 0. The summed E-state index contributed by atoms with van der Waals surface area (Å²) in [6, 6.07) is 10.00. The van der Waals surface area contributed by atoms with E-state index in [4.69, 9.17) is 14.2 Å². The van der Waals surface area contributed by atoms with Crippen LogP contribution in [-0.4, -0.2) is 31.8 Å². The van der Waals surface area contributed by atoms with Crippen molar-refractivity contribution in [2.45, 2.75) is 27.3 Å². The summed E-state index contributed by atoms with van der Waals surface area (Å²) in [5.74, 6) is 2.41. The lowest BCUT2D eigenvalue weighted by molar-refractivity contribution is 0.393. The van der Waals surface area contributed by atoms with Gasteiger partial charge >= 0.3 is 0 Å². The zero-order valence-electron chi connectivity index (χ0n) is 17.3. The Labute approximate surface area is 173 Å². The summed E-state index contributed by atoms with van der Waals surface area (Å²) in [5.41, 5.74) is 6.39. The topological polar surface area (TPSA) is 78.9 Å². The highest BCUT2D eigenvalue weighted by atomic mass is 16.5. The molecule has 0 saturated carbocycles. The number of rotatable bonds is 4. The maximum absolute atomic E-state index is 5.76. The predicted molar refractivity (Wildman–Crippen MR) is 115 cm³/mol. The van der Waals surface area contributed by atoms with Crippen LogP contribution >= 0.6 is 0 Å². The minimum Gasteiger partial charge on any atom is -0.496 e. The van der Waals surface area contributed by atoms with Crippen LogP contribution in [0.25, 0.3) is 33.1 Å². The van der Waals surface area contributed by atoms with E-state index in [1.165, 1.54) is 0 Å². The van der Waals surface area contributed by atoms with E-state index in [-0.39, 0.29) is 0 Å².